The van der Waals surface area contributed by atoms with E-state index in [9.17, 15) is 9.90 Å². The fourth-order valence-corrected chi connectivity index (χ4v) is 4.44. The van der Waals surface area contributed by atoms with E-state index in [0.29, 0.717) is 18.0 Å². The maximum atomic E-state index is 13.0. The predicted molar refractivity (Wildman–Crippen MR) is 101 cm³/mol. The number of fused-ring (bicyclic) bond motifs is 1. The van der Waals surface area contributed by atoms with Crippen molar-refractivity contribution in [1.29, 1.82) is 0 Å². The number of carbonyl (C=O) groups excluding carboxylic acids is 1. The SMILES string of the molecule is Cn1cnc2cc(C(=O)N3C[C@@H](CN4CCCCC4)[C@@H](CO)C3)ccc21. The van der Waals surface area contributed by atoms with Crippen LogP contribution in [0, 0.1) is 11.8 Å². The molecule has 2 aliphatic heterocycles. The van der Waals surface area contributed by atoms with Gasteiger partial charge in [-0.05, 0) is 50.0 Å². The molecule has 2 aliphatic rings. The third-order valence-corrected chi connectivity index (χ3v) is 6.01. The molecule has 1 N–H and O–H groups in total. The number of aliphatic hydroxyl groups excluding tert-OH is 1. The molecule has 0 bridgehead atoms. The Labute approximate surface area is 154 Å². The Bertz CT molecular complexity index is 781. The van der Waals surface area contributed by atoms with E-state index in [1.54, 1.807) is 6.33 Å². The Balaban J connectivity index is 1.46. The van der Waals surface area contributed by atoms with Crippen molar-refractivity contribution in [2.45, 2.75) is 19.3 Å². The Hall–Kier alpha value is -1.92. The summed E-state index contributed by atoms with van der Waals surface area (Å²) in [5, 5.41) is 9.81. The molecule has 2 aromatic rings. The molecule has 140 valence electrons. The third-order valence-electron chi connectivity index (χ3n) is 6.01. The highest BCUT2D eigenvalue weighted by atomic mass is 16.3. The number of nitrogens with zero attached hydrogens (tertiary/aromatic N) is 4. The Morgan fingerprint density at radius 2 is 1.96 bits per heavy atom. The van der Waals surface area contributed by atoms with Crippen LogP contribution < -0.4 is 0 Å². The van der Waals surface area contributed by atoms with Gasteiger partial charge in [0.05, 0.1) is 17.4 Å². The number of hydrogen-bond donors (Lipinski definition) is 1. The lowest BCUT2D eigenvalue weighted by Crippen LogP contribution is -2.37. The topological polar surface area (TPSA) is 61.6 Å². The van der Waals surface area contributed by atoms with E-state index in [1.807, 2.05) is 34.7 Å². The molecule has 2 fully saturated rings. The summed E-state index contributed by atoms with van der Waals surface area (Å²) in [6.07, 6.45) is 5.63. The van der Waals surface area contributed by atoms with Gasteiger partial charge in [0.2, 0.25) is 0 Å². The van der Waals surface area contributed by atoms with Gasteiger partial charge in [0.15, 0.2) is 0 Å². The van der Waals surface area contributed by atoms with E-state index in [0.717, 1.165) is 37.2 Å². The van der Waals surface area contributed by atoms with Gasteiger partial charge in [-0.1, -0.05) is 6.42 Å². The van der Waals surface area contributed by atoms with Gasteiger partial charge in [0.1, 0.15) is 0 Å². The van der Waals surface area contributed by atoms with Crippen LogP contribution in [0.4, 0.5) is 0 Å². The fourth-order valence-electron chi connectivity index (χ4n) is 4.44. The summed E-state index contributed by atoms with van der Waals surface area (Å²) in [6, 6.07) is 5.72. The van der Waals surface area contributed by atoms with Gasteiger partial charge in [-0.15, -0.1) is 0 Å². The minimum Gasteiger partial charge on any atom is -0.396 e. The molecule has 1 aromatic heterocycles. The smallest absolute Gasteiger partial charge is 0.253 e. The van der Waals surface area contributed by atoms with E-state index in [4.69, 9.17) is 0 Å². The van der Waals surface area contributed by atoms with Crippen molar-refractivity contribution in [3.05, 3.63) is 30.1 Å². The van der Waals surface area contributed by atoms with Gasteiger partial charge in [-0.2, -0.15) is 0 Å². The van der Waals surface area contributed by atoms with E-state index in [-0.39, 0.29) is 18.4 Å². The van der Waals surface area contributed by atoms with E-state index < -0.39 is 0 Å². The second-order valence-electron chi connectivity index (χ2n) is 7.83. The molecule has 2 atom stereocenters. The summed E-state index contributed by atoms with van der Waals surface area (Å²) < 4.78 is 1.95. The number of hydrogen-bond acceptors (Lipinski definition) is 4. The first kappa shape index (κ1) is 17.5. The third kappa shape index (κ3) is 3.35. The molecule has 6 heteroatoms. The highest BCUT2D eigenvalue weighted by Gasteiger charge is 2.36. The summed E-state index contributed by atoms with van der Waals surface area (Å²) >= 11 is 0. The first-order valence-electron chi connectivity index (χ1n) is 9.69. The minimum atomic E-state index is 0.0529. The molecule has 26 heavy (non-hydrogen) atoms. The molecule has 0 aliphatic carbocycles. The van der Waals surface area contributed by atoms with Gasteiger partial charge in [0.25, 0.3) is 5.91 Å². The van der Waals surface area contributed by atoms with Crippen molar-refractivity contribution in [3.63, 3.8) is 0 Å². The van der Waals surface area contributed by atoms with Crippen LogP contribution in [0.2, 0.25) is 0 Å². The van der Waals surface area contributed by atoms with Crippen LogP contribution >= 0.6 is 0 Å². The summed E-state index contributed by atoms with van der Waals surface area (Å²) in [5.74, 6) is 0.595. The fraction of sp³-hybridized carbons (Fsp3) is 0.600. The van der Waals surface area contributed by atoms with Gasteiger partial charge in [-0.3, -0.25) is 4.79 Å². The molecule has 0 saturated carbocycles. The van der Waals surface area contributed by atoms with Gasteiger partial charge in [-0.25, -0.2) is 4.98 Å². The maximum absolute atomic E-state index is 13.0. The lowest BCUT2D eigenvalue weighted by Gasteiger charge is -2.30. The van der Waals surface area contributed by atoms with Crippen LogP contribution in [0.5, 0.6) is 0 Å². The highest BCUT2D eigenvalue weighted by Crippen LogP contribution is 2.27. The zero-order valence-electron chi connectivity index (χ0n) is 15.5. The molecule has 6 nitrogen and oxygen atoms in total. The van der Waals surface area contributed by atoms with Crippen molar-refractivity contribution in [2.75, 3.05) is 39.3 Å². The first-order chi connectivity index (χ1) is 12.7. The zero-order chi connectivity index (χ0) is 18.1. The molecule has 2 saturated heterocycles. The molecule has 0 radical (unpaired) electrons. The van der Waals surface area contributed by atoms with E-state index in [1.165, 1.54) is 19.3 Å². The molecule has 4 rings (SSSR count). The molecular weight excluding hydrogens is 328 g/mol. The van der Waals surface area contributed by atoms with Crippen molar-refractivity contribution in [1.82, 2.24) is 19.4 Å². The average Bonchev–Trinajstić information content (AvgIpc) is 3.25. The van der Waals surface area contributed by atoms with Crippen molar-refractivity contribution < 1.29 is 9.90 Å². The number of likely N-dealkylation sites (tertiary alicyclic amines) is 2. The second-order valence-corrected chi connectivity index (χ2v) is 7.83. The molecule has 0 unspecified atom stereocenters. The largest absolute Gasteiger partial charge is 0.396 e. The summed E-state index contributed by atoms with van der Waals surface area (Å²) in [4.78, 5) is 21.8. The van der Waals surface area contributed by atoms with Crippen LogP contribution in [-0.2, 0) is 7.05 Å². The van der Waals surface area contributed by atoms with Crippen LogP contribution in [0.3, 0.4) is 0 Å². The number of benzene rings is 1. The van der Waals surface area contributed by atoms with E-state index >= 15 is 0 Å². The van der Waals surface area contributed by atoms with Gasteiger partial charge in [0, 0.05) is 44.8 Å². The normalized spacial score (nSPS) is 24.5. The van der Waals surface area contributed by atoms with E-state index in [2.05, 4.69) is 9.88 Å². The molecule has 3 heterocycles. The monoisotopic (exact) mass is 356 g/mol. The standard InChI is InChI=1S/C20H28N4O2/c1-22-14-21-18-9-15(5-6-19(18)22)20(26)24-11-16(17(12-24)13-25)10-23-7-3-2-4-8-23/h5-6,9,14,16-17,25H,2-4,7-8,10-13H2,1H3/t16-,17-/m1/s1. The van der Waals surface area contributed by atoms with Gasteiger partial charge < -0.3 is 19.5 Å². The summed E-state index contributed by atoms with van der Waals surface area (Å²) in [7, 11) is 1.95. The number of aliphatic hydroxyl groups is 1. The second kappa shape index (κ2) is 7.37. The molecule has 0 spiro atoms. The lowest BCUT2D eigenvalue weighted by atomic mass is 9.95. The number of aromatic nitrogens is 2. The van der Waals surface area contributed by atoms with Crippen LogP contribution in [0.25, 0.3) is 11.0 Å². The Morgan fingerprint density at radius 1 is 1.19 bits per heavy atom. The van der Waals surface area contributed by atoms with Crippen LogP contribution in [0.15, 0.2) is 24.5 Å². The molecule has 1 amide bonds. The predicted octanol–water partition coefficient (Wildman–Crippen LogP) is 1.74. The van der Waals surface area contributed by atoms with Gasteiger partial charge >= 0.3 is 0 Å². The Morgan fingerprint density at radius 3 is 2.73 bits per heavy atom. The number of amides is 1. The van der Waals surface area contributed by atoms with Crippen molar-refractivity contribution >= 4 is 16.9 Å². The number of imidazole rings is 1. The van der Waals surface area contributed by atoms with Crippen molar-refractivity contribution in [2.24, 2.45) is 18.9 Å². The van der Waals surface area contributed by atoms with Crippen molar-refractivity contribution in [3.8, 4) is 0 Å². The van der Waals surface area contributed by atoms with Crippen LogP contribution in [-0.4, -0.2) is 69.7 Å². The quantitative estimate of drug-likeness (QED) is 0.906. The molecule has 1 aromatic carbocycles. The Kier molecular flexibility index (Phi) is 4.96. The average molecular weight is 356 g/mol. The first-order valence-corrected chi connectivity index (χ1v) is 9.69. The highest BCUT2D eigenvalue weighted by molar-refractivity contribution is 5.97. The number of rotatable bonds is 4. The van der Waals surface area contributed by atoms with Crippen LogP contribution in [0.1, 0.15) is 29.6 Å². The zero-order valence-corrected chi connectivity index (χ0v) is 15.5. The lowest BCUT2D eigenvalue weighted by molar-refractivity contribution is 0.0778. The minimum absolute atomic E-state index is 0.0529. The maximum Gasteiger partial charge on any atom is 0.253 e. The number of piperidine rings is 1. The summed E-state index contributed by atoms with van der Waals surface area (Å²) in [5.41, 5.74) is 2.56. The summed E-state index contributed by atoms with van der Waals surface area (Å²) in [6.45, 7) is 4.84. The number of carbonyl (C=O) groups is 1. The molecular formula is C20H28N4O2. The number of aryl methyl sites for hydroxylation is 1.